The summed E-state index contributed by atoms with van der Waals surface area (Å²) in [6, 6.07) is 2.20. The SMILES string of the molecule is CN1C[C@@H](Nc2nc(Cl)nc3c2S(=O)CC3)CCC1=O.CN1C[C@@H](Nc2nc(N3CCC(c4ccncn4)CC3)nc3c2S(=O)CC3)CCC1=O. The van der Waals surface area contributed by atoms with Crippen molar-refractivity contribution in [2.45, 2.75) is 79.2 Å². The van der Waals surface area contributed by atoms with Crippen LogP contribution >= 0.6 is 11.6 Å². The Bertz CT molecular complexity index is 1850. The number of anilines is 3. The Labute approximate surface area is 306 Å². The van der Waals surface area contributed by atoms with Gasteiger partial charge in [-0.25, -0.2) is 19.9 Å². The summed E-state index contributed by atoms with van der Waals surface area (Å²) >= 11 is 5.92. The molecule has 0 radical (unpaired) electrons. The Balaban J connectivity index is 0.000000175. The zero-order chi connectivity index (χ0) is 35.6. The highest BCUT2D eigenvalue weighted by Gasteiger charge is 2.32. The molecule has 3 aromatic rings. The molecular formula is C33H42ClN11O4S2. The van der Waals surface area contributed by atoms with Gasteiger partial charge in [-0.3, -0.25) is 18.0 Å². The van der Waals surface area contributed by atoms with E-state index in [1.807, 2.05) is 13.1 Å². The molecule has 2 N–H and O–H groups in total. The molecule has 0 aromatic carbocycles. The number of rotatable bonds is 6. The molecule has 5 aliphatic heterocycles. The van der Waals surface area contributed by atoms with E-state index in [1.54, 1.807) is 29.4 Å². The zero-order valence-electron chi connectivity index (χ0n) is 28.7. The monoisotopic (exact) mass is 755 g/mol. The number of hydrogen-bond acceptors (Lipinski definition) is 13. The number of hydrogen-bond donors (Lipinski definition) is 2. The van der Waals surface area contributed by atoms with Crippen LogP contribution in [0.3, 0.4) is 0 Å². The van der Waals surface area contributed by atoms with E-state index in [0.29, 0.717) is 78.7 Å². The number of likely N-dealkylation sites (tertiary alicyclic amines) is 2. The fraction of sp³-hybridized carbons (Fsp3) is 0.576. The van der Waals surface area contributed by atoms with Gasteiger partial charge in [0.2, 0.25) is 23.0 Å². The smallest absolute Gasteiger partial charge is 0.227 e. The number of piperidine rings is 3. The minimum Gasteiger partial charge on any atom is -0.364 e. The molecule has 2 amide bonds. The van der Waals surface area contributed by atoms with Gasteiger partial charge in [0.15, 0.2) is 0 Å². The quantitative estimate of drug-likeness (QED) is 0.350. The Hall–Kier alpha value is -3.83. The lowest BCUT2D eigenvalue weighted by atomic mass is 9.93. The van der Waals surface area contributed by atoms with Crippen LogP contribution < -0.4 is 15.5 Å². The van der Waals surface area contributed by atoms with Gasteiger partial charge in [0, 0.05) is 107 Å². The normalized spacial score (nSPS) is 24.9. The van der Waals surface area contributed by atoms with E-state index in [1.165, 1.54) is 0 Å². The third kappa shape index (κ3) is 7.99. The number of aromatic nitrogens is 6. The van der Waals surface area contributed by atoms with Crippen molar-refractivity contribution in [3.05, 3.63) is 41.0 Å². The fourth-order valence-electron chi connectivity index (χ4n) is 7.25. The molecule has 18 heteroatoms. The molecule has 2 unspecified atom stereocenters. The van der Waals surface area contributed by atoms with E-state index in [4.69, 9.17) is 21.6 Å². The molecule has 8 heterocycles. The van der Waals surface area contributed by atoms with Gasteiger partial charge in [0.25, 0.3) is 0 Å². The molecule has 0 spiro atoms. The standard InChI is InChI=1S/C21H27N7O2S.C12H15ClN4O2S/c1-27-12-15(2-3-18(27)29)24-20-19-17(7-11-31(19)30)25-21(26-20)28-9-5-14(6-10-28)16-4-8-22-13-23-16;1-17-6-7(2-3-9(17)18)14-11-10-8(4-5-20(10)19)15-12(13)16-11/h4,8,13-15H,2-3,5-7,9-12H2,1H3,(H,24,25,26);7H,2-6H2,1H3,(H,14,15,16)/t15-,31?;7-,20?/m00/s1. The molecule has 0 bridgehead atoms. The number of nitrogens with one attached hydrogen (secondary N) is 2. The van der Waals surface area contributed by atoms with E-state index in [0.717, 1.165) is 60.8 Å². The molecule has 51 heavy (non-hydrogen) atoms. The second kappa shape index (κ2) is 15.4. The molecule has 3 fully saturated rings. The summed E-state index contributed by atoms with van der Waals surface area (Å²) in [7, 11) is 1.47. The van der Waals surface area contributed by atoms with Crippen molar-refractivity contribution in [2.24, 2.45) is 0 Å². The first-order chi connectivity index (χ1) is 24.6. The highest BCUT2D eigenvalue weighted by molar-refractivity contribution is 7.85. The first kappa shape index (κ1) is 35.6. The molecule has 8 rings (SSSR count). The van der Waals surface area contributed by atoms with Crippen LogP contribution in [0.1, 0.15) is 61.5 Å². The lowest BCUT2D eigenvalue weighted by Gasteiger charge is -2.33. The van der Waals surface area contributed by atoms with Gasteiger partial charge in [-0.1, -0.05) is 0 Å². The maximum Gasteiger partial charge on any atom is 0.227 e. The van der Waals surface area contributed by atoms with Crippen molar-refractivity contribution in [1.82, 2.24) is 39.7 Å². The van der Waals surface area contributed by atoms with Gasteiger partial charge in [-0.05, 0) is 43.4 Å². The van der Waals surface area contributed by atoms with E-state index in [9.17, 15) is 18.0 Å². The van der Waals surface area contributed by atoms with Crippen molar-refractivity contribution in [3.63, 3.8) is 0 Å². The van der Waals surface area contributed by atoms with Crippen molar-refractivity contribution in [1.29, 1.82) is 0 Å². The first-order valence-electron chi connectivity index (χ1n) is 17.4. The van der Waals surface area contributed by atoms with Gasteiger partial charge in [-0.15, -0.1) is 0 Å². The summed E-state index contributed by atoms with van der Waals surface area (Å²) in [5, 5.41) is 6.95. The number of amides is 2. The summed E-state index contributed by atoms with van der Waals surface area (Å²) < 4.78 is 24.7. The second-order valence-corrected chi connectivity index (χ2v) is 16.9. The number of halogens is 1. The van der Waals surface area contributed by atoms with Gasteiger partial charge in [0.05, 0.1) is 33.0 Å². The average molecular weight is 756 g/mol. The van der Waals surface area contributed by atoms with Gasteiger partial charge < -0.3 is 25.3 Å². The summed E-state index contributed by atoms with van der Waals surface area (Å²) in [5.41, 5.74) is 2.76. The zero-order valence-corrected chi connectivity index (χ0v) is 31.1. The van der Waals surface area contributed by atoms with Crippen molar-refractivity contribution >= 4 is 62.6 Å². The fourth-order valence-corrected chi connectivity index (χ4v) is 10.1. The third-order valence-electron chi connectivity index (χ3n) is 10.1. The van der Waals surface area contributed by atoms with Crippen molar-refractivity contribution < 1.29 is 18.0 Å². The first-order valence-corrected chi connectivity index (χ1v) is 20.4. The van der Waals surface area contributed by atoms with Crippen LogP contribution in [-0.4, -0.2) is 124 Å². The van der Waals surface area contributed by atoms with Crippen LogP contribution in [-0.2, 0) is 44.0 Å². The van der Waals surface area contributed by atoms with Gasteiger partial charge in [-0.2, -0.15) is 9.97 Å². The molecule has 0 aliphatic carbocycles. The van der Waals surface area contributed by atoms with Crippen LogP contribution in [0.15, 0.2) is 28.4 Å². The Morgan fingerprint density at radius 2 is 1.33 bits per heavy atom. The predicted molar refractivity (Wildman–Crippen MR) is 194 cm³/mol. The highest BCUT2D eigenvalue weighted by Crippen LogP contribution is 2.34. The topological polar surface area (TPSA) is 179 Å². The third-order valence-corrected chi connectivity index (χ3v) is 13.2. The molecule has 4 atom stereocenters. The summed E-state index contributed by atoms with van der Waals surface area (Å²) in [4.78, 5) is 56.8. The minimum atomic E-state index is -1.07. The molecule has 3 aromatic heterocycles. The summed E-state index contributed by atoms with van der Waals surface area (Å²) in [5.74, 6) is 3.86. The maximum absolute atomic E-state index is 12.6. The summed E-state index contributed by atoms with van der Waals surface area (Å²) in [6.07, 6.45) is 9.30. The van der Waals surface area contributed by atoms with Crippen LogP contribution in [0.2, 0.25) is 5.28 Å². The number of fused-ring (bicyclic) bond motifs is 2. The lowest BCUT2D eigenvalue weighted by molar-refractivity contribution is -0.132. The van der Waals surface area contributed by atoms with E-state index in [-0.39, 0.29) is 29.2 Å². The number of likely N-dealkylation sites (N-methyl/N-ethyl adjacent to an activating group) is 2. The van der Waals surface area contributed by atoms with Crippen molar-refractivity contribution in [3.8, 4) is 0 Å². The largest absolute Gasteiger partial charge is 0.364 e. The Morgan fingerprint density at radius 3 is 1.88 bits per heavy atom. The van der Waals surface area contributed by atoms with Gasteiger partial charge in [0.1, 0.15) is 27.8 Å². The predicted octanol–water partition coefficient (Wildman–Crippen LogP) is 2.17. The number of nitrogens with zero attached hydrogens (tertiary/aromatic N) is 9. The number of carbonyl (C=O) groups excluding carboxylic acids is 2. The van der Waals surface area contributed by atoms with Gasteiger partial charge >= 0.3 is 0 Å². The molecule has 3 saturated heterocycles. The van der Waals surface area contributed by atoms with Crippen LogP contribution in [0, 0.1) is 0 Å². The van der Waals surface area contributed by atoms with Crippen LogP contribution in [0.5, 0.6) is 0 Å². The lowest BCUT2D eigenvalue weighted by Crippen LogP contribution is -2.43. The minimum absolute atomic E-state index is 0.102. The Morgan fingerprint density at radius 1 is 0.765 bits per heavy atom. The molecular weight excluding hydrogens is 714 g/mol. The molecule has 272 valence electrons. The number of aryl methyl sites for hydroxylation is 2. The van der Waals surface area contributed by atoms with Crippen molar-refractivity contribution in [2.75, 3.05) is 67.3 Å². The summed E-state index contributed by atoms with van der Waals surface area (Å²) in [6.45, 7) is 2.96. The average Bonchev–Trinajstić information content (AvgIpc) is 3.70. The molecule has 0 saturated carbocycles. The Kier molecular flexibility index (Phi) is 10.8. The molecule has 5 aliphatic rings. The van der Waals surface area contributed by atoms with E-state index in [2.05, 4.69) is 35.5 Å². The second-order valence-electron chi connectivity index (χ2n) is 13.6. The molecule has 15 nitrogen and oxygen atoms in total. The van der Waals surface area contributed by atoms with E-state index >= 15 is 0 Å². The van der Waals surface area contributed by atoms with Crippen LogP contribution in [0.25, 0.3) is 0 Å². The van der Waals surface area contributed by atoms with E-state index < -0.39 is 21.6 Å². The maximum atomic E-state index is 12.6. The highest BCUT2D eigenvalue weighted by atomic mass is 35.5. The number of carbonyl (C=O) groups is 2. The van der Waals surface area contributed by atoms with Crippen LogP contribution in [0.4, 0.5) is 17.6 Å².